The molecule has 2 atom stereocenters. The number of nitrogens with one attached hydrogen (secondary N) is 1. The van der Waals surface area contributed by atoms with Gasteiger partial charge in [-0.25, -0.2) is 9.97 Å². The summed E-state index contributed by atoms with van der Waals surface area (Å²) in [6.45, 7) is 1.97. The molecule has 0 aromatic carbocycles. The molecular weight excluding hydrogens is 276 g/mol. The van der Waals surface area contributed by atoms with Crippen LogP contribution in [0.25, 0.3) is 11.2 Å². The highest BCUT2D eigenvalue weighted by Gasteiger charge is 2.24. The fraction of sp³-hybridized carbons (Fsp3) is 0.647. The van der Waals surface area contributed by atoms with Crippen LogP contribution in [0, 0.1) is 0 Å². The van der Waals surface area contributed by atoms with Gasteiger partial charge in [0.1, 0.15) is 11.3 Å². The first-order chi connectivity index (χ1) is 10.9. The summed E-state index contributed by atoms with van der Waals surface area (Å²) in [4.78, 5) is 9.45. The molecule has 0 spiro atoms. The van der Waals surface area contributed by atoms with Crippen LogP contribution in [0.1, 0.15) is 50.5 Å². The summed E-state index contributed by atoms with van der Waals surface area (Å²) in [6, 6.07) is 4.03. The van der Waals surface area contributed by atoms with Crippen molar-refractivity contribution in [3.8, 4) is 0 Å². The van der Waals surface area contributed by atoms with Gasteiger partial charge in [-0.05, 0) is 57.2 Å². The van der Waals surface area contributed by atoms with Gasteiger partial charge in [0.15, 0.2) is 5.65 Å². The number of hydrogen-bond donors (Lipinski definition) is 1. The molecule has 2 unspecified atom stereocenters. The number of nitrogens with zero attached hydrogens (tertiary/aromatic N) is 3. The van der Waals surface area contributed by atoms with Gasteiger partial charge >= 0.3 is 0 Å². The zero-order valence-electron chi connectivity index (χ0n) is 13.0. The van der Waals surface area contributed by atoms with Crippen molar-refractivity contribution in [1.29, 1.82) is 0 Å². The van der Waals surface area contributed by atoms with E-state index in [9.17, 15) is 0 Å². The number of hydrogen-bond acceptors (Lipinski definition) is 4. The molecule has 22 heavy (non-hydrogen) atoms. The minimum Gasteiger partial charge on any atom is -0.378 e. The lowest BCUT2D eigenvalue weighted by molar-refractivity contribution is 0.0149. The van der Waals surface area contributed by atoms with E-state index in [-0.39, 0.29) is 0 Å². The van der Waals surface area contributed by atoms with E-state index in [1.807, 2.05) is 12.3 Å². The number of fused-ring (bicyclic) bond motifs is 1. The smallest absolute Gasteiger partial charge is 0.161 e. The Morgan fingerprint density at radius 3 is 3.00 bits per heavy atom. The summed E-state index contributed by atoms with van der Waals surface area (Å²) in [5, 5.41) is 3.63. The standard InChI is InChI=1S/C17H24N4O/c1-3-9-18-15(8-1)21-16(12-13-6-2-4-11-22-13)20-14-7-5-10-19-17(14)21/h5,7,10,13,15,18H,1-4,6,8-9,11-12H2. The average molecular weight is 300 g/mol. The first-order valence-electron chi connectivity index (χ1n) is 8.58. The minimum absolute atomic E-state index is 0.313. The van der Waals surface area contributed by atoms with Crippen LogP contribution in [-0.2, 0) is 11.2 Å². The van der Waals surface area contributed by atoms with Crippen LogP contribution in [0.4, 0.5) is 0 Å². The predicted octanol–water partition coefficient (Wildman–Crippen LogP) is 2.82. The van der Waals surface area contributed by atoms with Crippen LogP contribution >= 0.6 is 0 Å². The van der Waals surface area contributed by atoms with Gasteiger partial charge < -0.3 is 4.74 Å². The van der Waals surface area contributed by atoms with Crippen molar-refractivity contribution < 1.29 is 4.74 Å². The Balaban J connectivity index is 1.68. The fourth-order valence-electron chi connectivity index (χ4n) is 3.67. The maximum absolute atomic E-state index is 5.93. The first-order valence-corrected chi connectivity index (χ1v) is 8.58. The summed E-state index contributed by atoms with van der Waals surface area (Å²) in [5.74, 6) is 1.13. The predicted molar refractivity (Wildman–Crippen MR) is 85.7 cm³/mol. The Bertz CT molecular complexity index is 627. The van der Waals surface area contributed by atoms with Crippen LogP contribution in [0.15, 0.2) is 18.3 Å². The van der Waals surface area contributed by atoms with E-state index in [4.69, 9.17) is 9.72 Å². The van der Waals surface area contributed by atoms with Crippen molar-refractivity contribution in [3.63, 3.8) is 0 Å². The van der Waals surface area contributed by atoms with Crippen LogP contribution in [0.2, 0.25) is 0 Å². The van der Waals surface area contributed by atoms with Gasteiger partial charge in [0.05, 0.1) is 12.3 Å². The highest BCUT2D eigenvalue weighted by Crippen LogP contribution is 2.26. The summed E-state index contributed by atoms with van der Waals surface area (Å²) >= 11 is 0. The van der Waals surface area contributed by atoms with E-state index in [1.165, 1.54) is 25.7 Å². The van der Waals surface area contributed by atoms with E-state index < -0.39 is 0 Å². The van der Waals surface area contributed by atoms with Crippen LogP contribution in [-0.4, -0.2) is 33.8 Å². The van der Waals surface area contributed by atoms with Gasteiger partial charge in [-0.1, -0.05) is 0 Å². The van der Waals surface area contributed by atoms with E-state index in [1.54, 1.807) is 0 Å². The highest BCUT2D eigenvalue weighted by atomic mass is 16.5. The van der Waals surface area contributed by atoms with Crippen LogP contribution in [0.5, 0.6) is 0 Å². The second-order valence-corrected chi connectivity index (χ2v) is 6.40. The van der Waals surface area contributed by atoms with Crippen molar-refractivity contribution in [1.82, 2.24) is 19.9 Å². The Labute approximate surface area is 131 Å². The number of pyridine rings is 1. The molecule has 0 saturated carbocycles. The Kier molecular flexibility index (Phi) is 4.08. The lowest BCUT2D eigenvalue weighted by Crippen LogP contribution is -2.33. The highest BCUT2D eigenvalue weighted by molar-refractivity contribution is 5.71. The van der Waals surface area contributed by atoms with E-state index >= 15 is 0 Å². The van der Waals surface area contributed by atoms with Gasteiger partial charge in [-0.2, -0.15) is 0 Å². The number of imidazole rings is 1. The molecule has 2 aromatic heterocycles. The molecule has 2 fully saturated rings. The monoisotopic (exact) mass is 300 g/mol. The van der Waals surface area contributed by atoms with Gasteiger partial charge in [-0.15, -0.1) is 0 Å². The van der Waals surface area contributed by atoms with Gasteiger partial charge in [0.2, 0.25) is 0 Å². The molecule has 4 heterocycles. The third kappa shape index (κ3) is 2.75. The Morgan fingerprint density at radius 1 is 1.23 bits per heavy atom. The van der Waals surface area contributed by atoms with Crippen LogP contribution in [0.3, 0.4) is 0 Å². The molecule has 0 amide bonds. The molecule has 2 saturated heterocycles. The zero-order valence-corrected chi connectivity index (χ0v) is 13.0. The molecule has 2 aliphatic heterocycles. The van der Waals surface area contributed by atoms with Crippen molar-refractivity contribution in [2.45, 2.75) is 57.2 Å². The van der Waals surface area contributed by atoms with Crippen molar-refractivity contribution in [3.05, 3.63) is 24.2 Å². The van der Waals surface area contributed by atoms with Crippen molar-refractivity contribution in [2.24, 2.45) is 0 Å². The number of piperidine rings is 1. The van der Waals surface area contributed by atoms with E-state index in [0.717, 1.165) is 49.4 Å². The molecule has 5 nitrogen and oxygen atoms in total. The Hall–Kier alpha value is -1.46. The molecule has 1 N–H and O–H groups in total. The third-order valence-corrected chi connectivity index (χ3v) is 4.80. The molecule has 2 aliphatic rings. The average Bonchev–Trinajstić information content (AvgIpc) is 2.94. The largest absolute Gasteiger partial charge is 0.378 e. The maximum atomic E-state index is 5.93. The molecule has 5 heteroatoms. The minimum atomic E-state index is 0.313. The molecule has 2 aromatic rings. The second-order valence-electron chi connectivity index (χ2n) is 6.40. The summed E-state index contributed by atoms with van der Waals surface area (Å²) in [7, 11) is 0. The summed E-state index contributed by atoms with van der Waals surface area (Å²) in [5.41, 5.74) is 2.01. The van der Waals surface area contributed by atoms with Gasteiger partial charge in [0, 0.05) is 19.2 Å². The molecule has 4 rings (SSSR count). The number of rotatable bonds is 3. The maximum Gasteiger partial charge on any atom is 0.161 e. The molecule has 0 aliphatic carbocycles. The fourth-order valence-corrected chi connectivity index (χ4v) is 3.67. The van der Waals surface area contributed by atoms with Gasteiger partial charge in [0.25, 0.3) is 0 Å². The van der Waals surface area contributed by atoms with Crippen molar-refractivity contribution >= 4 is 11.2 Å². The normalized spacial score (nSPS) is 26.4. The lowest BCUT2D eigenvalue weighted by atomic mass is 10.1. The lowest BCUT2D eigenvalue weighted by Gasteiger charge is -2.28. The second kappa shape index (κ2) is 6.34. The van der Waals surface area contributed by atoms with Gasteiger partial charge in [-0.3, -0.25) is 9.88 Å². The van der Waals surface area contributed by atoms with Crippen molar-refractivity contribution in [2.75, 3.05) is 13.2 Å². The third-order valence-electron chi connectivity index (χ3n) is 4.80. The van der Waals surface area contributed by atoms with Crippen LogP contribution < -0.4 is 5.32 Å². The SMILES string of the molecule is c1cnc2c(c1)nc(CC1CCCCO1)n2C1CCCCN1. The zero-order chi connectivity index (χ0) is 14.8. The summed E-state index contributed by atoms with van der Waals surface area (Å²) < 4.78 is 8.25. The quantitative estimate of drug-likeness (QED) is 0.947. The van der Waals surface area contributed by atoms with E-state index in [0.29, 0.717) is 12.3 Å². The topological polar surface area (TPSA) is 52.0 Å². The Morgan fingerprint density at radius 2 is 2.18 bits per heavy atom. The summed E-state index contributed by atoms with van der Waals surface area (Å²) in [6.07, 6.45) is 10.7. The van der Waals surface area contributed by atoms with E-state index in [2.05, 4.69) is 20.9 Å². The number of ether oxygens (including phenoxy) is 1. The number of aromatic nitrogens is 3. The molecule has 0 bridgehead atoms. The molecular formula is C17H24N4O. The molecule has 0 radical (unpaired) electrons. The molecule has 118 valence electrons. The first kappa shape index (κ1) is 14.2.